The van der Waals surface area contributed by atoms with Gasteiger partial charge in [0, 0.05) is 16.1 Å². The third-order valence-electron chi connectivity index (χ3n) is 3.03. The zero-order chi connectivity index (χ0) is 12.1. The summed E-state index contributed by atoms with van der Waals surface area (Å²) in [5.41, 5.74) is 3.81. The number of nitrogens with two attached hydrogens (primary N) is 1. The Bertz CT molecular complexity index is 322. The molecule has 2 atom stereocenters. The van der Waals surface area contributed by atoms with Crippen molar-refractivity contribution in [2.75, 3.05) is 0 Å². The molecule has 0 aliphatic heterocycles. The fourth-order valence-corrected chi connectivity index (χ4v) is 2.21. The Balaban J connectivity index is 2.85. The van der Waals surface area contributed by atoms with Crippen LogP contribution in [0.2, 0.25) is 10.0 Å². The molecule has 0 amide bonds. The number of hydrogen-bond acceptors (Lipinski definition) is 2. The number of rotatable bonds is 5. The van der Waals surface area contributed by atoms with Gasteiger partial charge in [-0.05, 0) is 30.0 Å². The number of nitrogens with one attached hydrogen (secondary N) is 1. The normalized spacial score (nSPS) is 14.8. The van der Waals surface area contributed by atoms with Crippen molar-refractivity contribution in [1.82, 2.24) is 5.43 Å². The van der Waals surface area contributed by atoms with E-state index >= 15 is 0 Å². The molecule has 1 aromatic rings. The predicted octanol–water partition coefficient (Wildman–Crippen LogP) is 3.41. The van der Waals surface area contributed by atoms with Crippen LogP contribution in [0.5, 0.6) is 0 Å². The Morgan fingerprint density at radius 2 is 1.88 bits per heavy atom. The topological polar surface area (TPSA) is 38.0 Å². The quantitative estimate of drug-likeness (QED) is 0.629. The van der Waals surface area contributed by atoms with Crippen LogP contribution in [0.1, 0.15) is 25.8 Å². The van der Waals surface area contributed by atoms with Crippen LogP contribution in [-0.4, -0.2) is 6.04 Å². The molecule has 90 valence electrons. The molecule has 4 heteroatoms. The van der Waals surface area contributed by atoms with E-state index in [1.54, 1.807) is 0 Å². The van der Waals surface area contributed by atoms with Crippen LogP contribution in [0.25, 0.3) is 0 Å². The molecule has 1 aromatic carbocycles. The zero-order valence-corrected chi connectivity index (χ0v) is 11.1. The summed E-state index contributed by atoms with van der Waals surface area (Å²) >= 11 is 12.3. The van der Waals surface area contributed by atoms with E-state index in [1.807, 2.05) is 18.2 Å². The molecule has 0 saturated heterocycles. The van der Waals surface area contributed by atoms with E-state index in [9.17, 15) is 0 Å². The highest BCUT2D eigenvalue weighted by atomic mass is 35.5. The van der Waals surface area contributed by atoms with Gasteiger partial charge in [-0.15, -0.1) is 0 Å². The Morgan fingerprint density at radius 1 is 1.31 bits per heavy atom. The molecule has 0 saturated carbocycles. The molecule has 0 spiro atoms. The summed E-state index contributed by atoms with van der Waals surface area (Å²) in [5.74, 6) is 6.04. The Hall–Kier alpha value is -0.280. The number of halogens is 2. The lowest BCUT2D eigenvalue weighted by molar-refractivity contribution is 0.370. The predicted molar refractivity (Wildman–Crippen MR) is 70.7 cm³/mol. The van der Waals surface area contributed by atoms with Crippen molar-refractivity contribution in [2.45, 2.75) is 32.7 Å². The summed E-state index contributed by atoms with van der Waals surface area (Å²) in [6.45, 7) is 4.30. The molecule has 16 heavy (non-hydrogen) atoms. The Labute approximate surface area is 107 Å². The molecule has 0 fully saturated rings. The standard InChI is InChI=1S/C12H18Cl2N2/c1-3-8(2)12(16-15)7-9-10(13)5-4-6-11(9)14/h4-6,8,12,16H,3,7,15H2,1-2H3. The summed E-state index contributed by atoms with van der Waals surface area (Å²) in [5, 5.41) is 1.41. The van der Waals surface area contributed by atoms with Gasteiger partial charge in [0.2, 0.25) is 0 Å². The van der Waals surface area contributed by atoms with Gasteiger partial charge in [-0.3, -0.25) is 11.3 Å². The second-order valence-electron chi connectivity index (χ2n) is 4.06. The van der Waals surface area contributed by atoms with Crippen LogP contribution in [-0.2, 0) is 6.42 Å². The molecule has 0 aliphatic carbocycles. The van der Waals surface area contributed by atoms with Gasteiger partial charge >= 0.3 is 0 Å². The number of hydrazine groups is 1. The SMILES string of the molecule is CCC(C)C(Cc1c(Cl)cccc1Cl)NN. The Kier molecular flexibility index (Phi) is 5.56. The van der Waals surface area contributed by atoms with E-state index < -0.39 is 0 Å². The maximum Gasteiger partial charge on any atom is 0.0453 e. The van der Waals surface area contributed by atoms with Crippen molar-refractivity contribution >= 4 is 23.2 Å². The van der Waals surface area contributed by atoms with E-state index in [0.717, 1.165) is 18.4 Å². The number of benzene rings is 1. The van der Waals surface area contributed by atoms with E-state index in [4.69, 9.17) is 29.0 Å². The van der Waals surface area contributed by atoms with E-state index in [-0.39, 0.29) is 6.04 Å². The lowest BCUT2D eigenvalue weighted by Gasteiger charge is -2.23. The van der Waals surface area contributed by atoms with Gasteiger partial charge in [-0.1, -0.05) is 49.5 Å². The van der Waals surface area contributed by atoms with Crippen LogP contribution in [0, 0.1) is 5.92 Å². The fourth-order valence-electron chi connectivity index (χ4n) is 1.66. The van der Waals surface area contributed by atoms with Crippen LogP contribution in [0.4, 0.5) is 0 Å². The van der Waals surface area contributed by atoms with Gasteiger partial charge in [0.25, 0.3) is 0 Å². The molecule has 2 nitrogen and oxygen atoms in total. The largest absolute Gasteiger partial charge is 0.271 e. The van der Waals surface area contributed by atoms with Crippen molar-refractivity contribution < 1.29 is 0 Å². The lowest BCUT2D eigenvalue weighted by atomic mass is 9.93. The van der Waals surface area contributed by atoms with Crippen molar-refractivity contribution in [1.29, 1.82) is 0 Å². The van der Waals surface area contributed by atoms with Crippen LogP contribution >= 0.6 is 23.2 Å². The van der Waals surface area contributed by atoms with Gasteiger partial charge in [-0.2, -0.15) is 0 Å². The van der Waals surface area contributed by atoms with Crippen LogP contribution in [0.15, 0.2) is 18.2 Å². The van der Waals surface area contributed by atoms with Gasteiger partial charge < -0.3 is 0 Å². The highest BCUT2D eigenvalue weighted by Gasteiger charge is 2.17. The van der Waals surface area contributed by atoms with Crippen LogP contribution in [0.3, 0.4) is 0 Å². The van der Waals surface area contributed by atoms with Crippen molar-refractivity contribution in [2.24, 2.45) is 11.8 Å². The summed E-state index contributed by atoms with van der Waals surface area (Å²) in [6.07, 6.45) is 1.82. The molecule has 0 aliphatic rings. The third-order valence-corrected chi connectivity index (χ3v) is 3.74. The summed E-state index contributed by atoms with van der Waals surface area (Å²) < 4.78 is 0. The molecule has 0 bridgehead atoms. The van der Waals surface area contributed by atoms with E-state index in [1.165, 1.54) is 0 Å². The molecular weight excluding hydrogens is 243 g/mol. The molecular formula is C12H18Cl2N2. The smallest absolute Gasteiger partial charge is 0.0453 e. The molecule has 3 N–H and O–H groups in total. The maximum absolute atomic E-state index is 6.13. The molecule has 0 heterocycles. The van der Waals surface area contributed by atoms with Gasteiger partial charge in [0.05, 0.1) is 0 Å². The van der Waals surface area contributed by atoms with Crippen LogP contribution < -0.4 is 11.3 Å². The minimum atomic E-state index is 0.197. The molecule has 1 rings (SSSR count). The lowest BCUT2D eigenvalue weighted by Crippen LogP contribution is -2.41. The summed E-state index contributed by atoms with van der Waals surface area (Å²) in [4.78, 5) is 0. The maximum atomic E-state index is 6.13. The van der Waals surface area contributed by atoms with E-state index in [2.05, 4.69) is 19.3 Å². The highest BCUT2D eigenvalue weighted by molar-refractivity contribution is 6.35. The molecule has 0 aromatic heterocycles. The Morgan fingerprint density at radius 3 is 2.31 bits per heavy atom. The minimum absolute atomic E-state index is 0.197. The van der Waals surface area contributed by atoms with Crippen molar-refractivity contribution in [3.8, 4) is 0 Å². The highest BCUT2D eigenvalue weighted by Crippen LogP contribution is 2.27. The van der Waals surface area contributed by atoms with Crippen molar-refractivity contribution in [3.63, 3.8) is 0 Å². The first-order valence-electron chi connectivity index (χ1n) is 5.49. The minimum Gasteiger partial charge on any atom is -0.271 e. The fraction of sp³-hybridized carbons (Fsp3) is 0.500. The second kappa shape index (κ2) is 6.45. The first-order chi connectivity index (χ1) is 7.60. The zero-order valence-electron chi connectivity index (χ0n) is 9.63. The second-order valence-corrected chi connectivity index (χ2v) is 4.88. The van der Waals surface area contributed by atoms with Crippen molar-refractivity contribution in [3.05, 3.63) is 33.8 Å². The molecule has 0 radical (unpaired) electrons. The monoisotopic (exact) mass is 260 g/mol. The van der Waals surface area contributed by atoms with Gasteiger partial charge in [0.1, 0.15) is 0 Å². The molecule has 2 unspecified atom stereocenters. The number of hydrogen-bond donors (Lipinski definition) is 2. The average Bonchev–Trinajstić information content (AvgIpc) is 2.28. The summed E-state index contributed by atoms with van der Waals surface area (Å²) in [7, 11) is 0. The summed E-state index contributed by atoms with van der Waals surface area (Å²) in [6, 6.07) is 5.75. The first-order valence-corrected chi connectivity index (χ1v) is 6.24. The first kappa shape index (κ1) is 13.8. The average molecular weight is 261 g/mol. The van der Waals surface area contributed by atoms with Gasteiger partial charge in [0.15, 0.2) is 0 Å². The third kappa shape index (κ3) is 3.36. The van der Waals surface area contributed by atoms with Gasteiger partial charge in [-0.25, -0.2) is 0 Å². The van der Waals surface area contributed by atoms with E-state index in [0.29, 0.717) is 16.0 Å².